The molecule has 2 aliphatic carbocycles. The van der Waals surface area contributed by atoms with Crippen LogP contribution in [0, 0.1) is 30.5 Å². The van der Waals surface area contributed by atoms with Gasteiger partial charge in [-0.15, -0.1) is 5.92 Å². The Balaban J connectivity index is 0.719. The number of primary amides is 1. The maximum atomic E-state index is 15.4. The molecule has 2 aromatic heterocycles. The Bertz CT molecular complexity index is 4070. The number of amides is 10. The summed E-state index contributed by atoms with van der Waals surface area (Å²) >= 11 is 0. The van der Waals surface area contributed by atoms with Gasteiger partial charge in [0.15, 0.2) is 5.60 Å². The smallest absolute Gasteiger partial charge is 0.407 e. The first-order chi connectivity index (χ1) is 52.3. The van der Waals surface area contributed by atoms with Gasteiger partial charge in [-0.2, -0.15) is 0 Å². The van der Waals surface area contributed by atoms with Gasteiger partial charge in [-0.3, -0.25) is 43.2 Å². The summed E-state index contributed by atoms with van der Waals surface area (Å²) in [5.74, 6) is -1.54. The number of benzene rings is 2. The van der Waals surface area contributed by atoms with Crippen LogP contribution in [0.2, 0.25) is 0 Å². The highest BCUT2D eigenvalue weighted by Crippen LogP contribution is 2.46. The van der Waals surface area contributed by atoms with Gasteiger partial charge in [0.05, 0.1) is 87.9 Å². The van der Waals surface area contributed by atoms with Crippen molar-refractivity contribution in [1.82, 2.24) is 52.1 Å². The zero-order chi connectivity index (χ0) is 78.6. The number of aryl methyl sites for hydroxylation is 1. The fourth-order valence-corrected chi connectivity index (χ4v) is 12.7. The first-order valence-corrected chi connectivity index (χ1v) is 36.4. The predicted octanol–water partition coefficient (Wildman–Crippen LogP) is 1.93. The number of esters is 1. The fourth-order valence-electron chi connectivity index (χ4n) is 12.7. The molecule has 0 saturated heterocycles. The Kier molecular flexibility index (Phi) is 32.5. The fraction of sp³-hybridized carbons (Fsp3) is 0.554. The quantitative estimate of drug-likeness (QED) is 0.0115. The van der Waals surface area contributed by atoms with Crippen molar-refractivity contribution in [2.75, 3.05) is 97.8 Å². The lowest BCUT2D eigenvalue weighted by atomic mass is 9.81. The molecular weight excluding hydrogens is 1430 g/mol. The van der Waals surface area contributed by atoms with Gasteiger partial charge in [0.1, 0.15) is 69.7 Å². The van der Waals surface area contributed by atoms with Gasteiger partial charge >= 0.3 is 24.1 Å². The van der Waals surface area contributed by atoms with E-state index in [9.17, 15) is 67.7 Å². The number of alkyl carbamates (subject to hydrolysis) is 1. The Morgan fingerprint density at radius 2 is 1.47 bits per heavy atom. The molecule has 2 aromatic carbocycles. The van der Waals surface area contributed by atoms with Crippen LogP contribution < -0.4 is 59.1 Å². The second-order valence-electron chi connectivity index (χ2n) is 26.7. The Hall–Kier alpha value is -10.2. The number of halogens is 1. The van der Waals surface area contributed by atoms with Crippen molar-refractivity contribution in [3.63, 3.8) is 0 Å². The number of rotatable bonds is 43. The van der Waals surface area contributed by atoms with Crippen molar-refractivity contribution >= 4 is 82.0 Å². The van der Waals surface area contributed by atoms with Crippen molar-refractivity contribution in [1.29, 1.82) is 0 Å². The van der Waals surface area contributed by atoms with Gasteiger partial charge in [-0.25, -0.2) is 23.8 Å². The van der Waals surface area contributed by atoms with Gasteiger partial charge < -0.3 is 106 Å². The number of carbonyl (C=O) groups is 11. The second kappa shape index (κ2) is 41.9. The number of carboxylic acid groups (broad SMARTS) is 1. The lowest BCUT2D eigenvalue weighted by molar-refractivity contribution is -0.172. The van der Waals surface area contributed by atoms with Crippen LogP contribution in [0.1, 0.15) is 143 Å². The molecule has 4 heterocycles. The Morgan fingerprint density at radius 3 is 2.17 bits per heavy atom. The van der Waals surface area contributed by atoms with Crippen LogP contribution in [-0.4, -0.2) is 202 Å². The van der Waals surface area contributed by atoms with Crippen LogP contribution in [0.25, 0.3) is 22.3 Å². The molecule has 6 atom stereocenters. The third-order valence-corrected chi connectivity index (χ3v) is 18.6. The van der Waals surface area contributed by atoms with Crippen LogP contribution in [0.4, 0.5) is 19.7 Å². The van der Waals surface area contributed by atoms with Gasteiger partial charge in [-0.1, -0.05) is 45.2 Å². The molecule has 34 nitrogen and oxygen atoms in total. The minimum absolute atomic E-state index is 0.0297. The monoisotopic (exact) mass is 1520 g/mol. The van der Waals surface area contributed by atoms with E-state index in [2.05, 4.69) is 59.7 Å². The number of hydrogen-bond acceptors (Lipinski definition) is 22. The van der Waals surface area contributed by atoms with E-state index in [-0.39, 0.29) is 127 Å². The highest BCUT2D eigenvalue weighted by molar-refractivity contribution is 5.99. The number of pyridine rings is 2. The lowest BCUT2D eigenvalue weighted by Gasteiger charge is -2.31. The molecule has 0 bridgehead atoms. The maximum absolute atomic E-state index is 15.4. The summed E-state index contributed by atoms with van der Waals surface area (Å²) in [5, 5.41) is 44.9. The third-order valence-electron chi connectivity index (χ3n) is 18.6. The molecule has 592 valence electrons. The van der Waals surface area contributed by atoms with E-state index in [1.165, 1.54) is 34.9 Å². The molecule has 4 aliphatic rings. The largest absolute Gasteiger partial charge is 0.481 e. The zero-order valence-electron chi connectivity index (χ0n) is 61.6. The number of aliphatic carboxylic acids is 1. The minimum atomic E-state index is -2.07. The summed E-state index contributed by atoms with van der Waals surface area (Å²) in [6, 6.07) is 3.49. The van der Waals surface area contributed by atoms with E-state index in [0.717, 1.165) is 32.1 Å². The molecule has 4 aromatic rings. The summed E-state index contributed by atoms with van der Waals surface area (Å²) in [7, 11) is 0. The van der Waals surface area contributed by atoms with Crippen LogP contribution in [0.5, 0.6) is 0 Å². The van der Waals surface area contributed by atoms with Crippen molar-refractivity contribution < 1.29 is 105 Å². The number of nitrogens with zero attached hydrogens (tertiary/aromatic N) is 2. The zero-order valence-corrected chi connectivity index (χ0v) is 61.6. The van der Waals surface area contributed by atoms with Crippen molar-refractivity contribution in [2.45, 2.75) is 167 Å². The molecule has 1 unspecified atom stereocenters. The first-order valence-electron chi connectivity index (χ1n) is 36.4. The van der Waals surface area contributed by atoms with Gasteiger partial charge in [0, 0.05) is 60.6 Å². The van der Waals surface area contributed by atoms with E-state index in [1.54, 1.807) is 33.8 Å². The lowest BCUT2D eigenvalue weighted by Crippen LogP contribution is -2.58. The van der Waals surface area contributed by atoms with E-state index < -0.39 is 133 Å². The van der Waals surface area contributed by atoms with Gasteiger partial charge in [0.25, 0.3) is 5.56 Å². The first kappa shape index (κ1) is 84.4. The highest BCUT2D eigenvalue weighted by atomic mass is 19.1. The number of hydrogen-bond donors (Lipinski definition) is 12. The molecule has 109 heavy (non-hydrogen) atoms. The molecular formula is C74H97FN12O22. The normalized spacial score (nSPS) is 16.9. The number of nitrogens with two attached hydrogens (primary N) is 1. The molecule has 2 aliphatic heterocycles. The number of ether oxygens (including phenoxy) is 8. The molecule has 0 saturated carbocycles. The van der Waals surface area contributed by atoms with E-state index in [4.69, 9.17) is 48.6 Å². The number of cyclic esters (lactones) is 1. The van der Waals surface area contributed by atoms with E-state index in [0.29, 0.717) is 89.3 Å². The average molecular weight is 1530 g/mol. The number of urea groups is 1. The Labute approximate surface area is 627 Å². The number of fused-ring (bicyclic) bond motifs is 5. The number of nitrogens with one attached hydrogen (secondary N) is 9. The van der Waals surface area contributed by atoms with Crippen molar-refractivity contribution in [3.8, 4) is 23.2 Å². The van der Waals surface area contributed by atoms with Crippen molar-refractivity contribution in [3.05, 3.63) is 91.5 Å². The van der Waals surface area contributed by atoms with Gasteiger partial charge in [-0.05, 0) is 111 Å². The molecule has 10 amide bonds. The third kappa shape index (κ3) is 24.6. The highest BCUT2D eigenvalue weighted by Gasteiger charge is 2.46. The predicted molar refractivity (Wildman–Crippen MR) is 386 cm³/mol. The van der Waals surface area contributed by atoms with E-state index in [1.807, 2.05) is 0 Å². The summed E-state index contributed by atoms with van der Waals surface area (Å²) in [4.78, 5) is 160. The number of anilines is 1. The summed E-state index contributed by atoms with van der Waals surface area (Å²) in [6.07, 6.45) is 3.45. The number of aliphatic hydroxyl groups is 1. The van der Waals surface area contributed by atoms with Gasteiger partial charge in [0.2, 0.25) is 41.4 Å². The van der Waals surface area contributed by atoms with Crippen LogP contribution >= 0.6 is 0 Å². The van der Waals surface area contributed by atoms with Crippen LogP contribution in [0.3, 0.4) is 0 Å². The van der Waals surface area contributed by atoms with Crippen LogP contribution in [-0.2, 0) is 113 Å². The average Bonchev–Trinajstić information content (AvgIpc) is 1.58. The summed E-state index contributed by atoms with van der Waals surface area (Å²) in [5.41, 5.74) is 6.95. The topological polar surface area (TPSA) is 471 Å². The molecule has 8 rings (SSSR count). The SMILES string of the molecule is CC[C@@]1(O)C(=O)OCc2c1cc1n(c2=O)Cc2c-1nc1cc(F)c(C)c3c1c2[C@@H](NC(=O)COCNC(=O)CNC(=O)OCc1ccc(NC(=O)[C@H](CCCNC(N)=O)NC(=O)[C@@H](NC(=O)[C@@H](CCC(=O)O)NC(=O)CCOCCOCCOCCOCCNC(=O)COC2C#CCCCCC2)C(C)C)cc1)CC3. The molecule has 35 heteroatoms. The number of aromatic nitrogens is 2. The van der Waals surface area contributed by atoms with Crippen molar-refractivity contribution in [2.24, 2.45) is 11.7 Å². The number of carbonyl (C=O) groups excluding carboxylic acids is 10. The summed E-state index contributed by atoms with van der Waals surface area (Å²) in [6.45, 7) is 6.43. The summed E-state index contributed by atoms with van der Waals surface area (Å²) < 4.78 is 60.5. The molecule has 0 spiro atoms. The molecule has 0 radical (unpaired) electrons. The van der Waals surface area contributed by atoms with E-state index >= 15 is 4.39 Å². The van der Waals surface area contributed by atoms with Crippen LogP contribution in [0.15, 0.2) is 41.2 Å². The standard InChI is InChI=1S/C74H97FN12O22/c1-5-74(101)51-34-57-66-49(37-87(57)70(97)50(51)39-108-71(74)98)64-53(20-19-48-44(4)52(75)35-56(84-66)63(48)64)82-61(91)40-106-42-80-59(89)36-79-73(100)109-38-45-15-17-46(18-16-45)81-67(94)54(14-11-24-78-72(76)99)85-69(96)65(43(2)3)86-68(95)55(21-22-62(92)93)83-58(88)23-26-102-28-30-104-32-33-105-31-29-103-27-25-77-60(90)41-107-47-12-9-7-6-8-10-13-47/h15-18,34-35,43,47,53-55,65,101H,5-9,11-12,14,19-33,36-42H2,1-4H3,(H,77,90)(H,79,100)(H,80,89)(H,81,94)(H,82,91)(H,83,88)(H,85,96)(H,86,95)(H,92,93)(H3,76,78,99)/t47?,53-,54-,55+,65-,74-/m0/s1. The Morgan fingerprint density at radius 1 is 0.752 bits per heavy atom. The molecule has 13 N–H and O–H groups in total. The maximum Gasteiger partial charge on any atom is 0.407 e. The molecule has 0 fully saturated rings. The second-order valence-corrected chi connectivity index (χ2v) is 26.7. The number of carboxylic acids is 1. The minimum Gasteiger partial charge on any atom is -0.481 e.